The number of hydrogen-bond acceptors (Lipinski definition) is 4. The second-order valence-corrected chi connectivity index (χ2v) is 4.77. The van der Waals surface area contributed by atoms with Crippen molar-refractivity contribution in [2.45, 2.75) is 56.5 Å². The SMILES string of the molecule is NC(=O)CC(N)[C@H]1COC2(CCCCC2)O1. The molecule has 2 rings (SSSR count). The molecule has 1 heterocycles. The van der Waals surface area contributed by atoms with E-state index in [1.165, 1.54) is 6.42 Å². The summed E-state index contributed by atoms with van der Waals surface area (Å²) < 4.78 is 11.6. The van der Waals surface area contributed by atoms with Crippen LogP contribution in [0.1, 0.15) is 38.5 Å². The molecule has 0 radical (unpaired) electrons. The van der Waals surface area contributed by atoms with Gasteiger partial charge in [-0.1, -0.05) is 6.42 Å². The second-order valence-electron chi connectivity index (χ2n) is 4.77. The van der Waals surface area contributed by atoms with Crippen LogP contribution in [0.4, 0.5) is 0 Å². The topological polar surface area (TPSA) is 87.6 Å². The predicted molar refractivity (Wildman–Crippen MR) is 58.4 cm³/mol. The van der Waals surface area contributed by atoms with Crippen LogP contribution in [0.2, 0.25) is 0 Å². The molecule has 5 nitrogen and oxygen atoms in total. The molecule has 0 aromatic carbocycles. The first-order valence-electron chi connectivity index (χ1n) is 5.97. The van der Waals surface area contributed by atoms with Gasteiger partial charge in [-0.25, -0.2) is 0 Å². The smallest absolute Gasteiger partial charge is 0.219 e. The van der Waals surface area contributed by atoms with Gasteiger partial charge in [0.1, 0.15) is 0 Å². The number of rotatable bonds is 3. The van der Waals surface area contributed by atoms with Crippen LogP contribution in [0.5, 0.6) is 0 Å². The summed E-state index contributed by atoms with van der Waals surface area (Å²) in [7, 11) is 0. The number of primary amides is 1. The zero-order valence-corrected chi connectivity index (χ0v) is 9.48. The van der Waals surface area contributed by atoms with Crippen LogP contribution in [0, 0.1) is 0 Å². The lowest BCUT2D eigenvalue weighted by Crippen LogP contribution is -2.42. The van der Waals surface area contributed by atoms with Crippen LogP contribution >= 0.6 is 0 Å². The van der Waals surface area contributed by atoms with Gasteiger partial charge in [-0.2, -0.15) is 0 Å². The summed E-state index contributed by atoms with van der Waals surface area (Å²) in [4.78, 5) is 10.8. The van der Waals surface area contributed by atoms with Crippen molar-refractivity contribution >= 4 is 5.91 Å². The summed E-state index contributed by atoms with van der Waals surface area (Å²) in [6.07, 6.45) is 5.36. The first-order chi connectivity index (χ1) is 7.61. The van der Waals surface area contributed by atoms with Crippen molar-refractivity contribution in [3.8, 4) is 0 Å². The molecule has 0 aromatic rings. The molecule has 2 fully saturated rings. The maximum absolute atomic E-state index is 10.8. The van der Waals surface area contributed by atoms with Gasteiger partial charge in [0.25, 0.3) is 0 Å². The van der Waals surface area contributed by atoms with E-state index >= 15 is 0 Å². The quantitative estimate of drug-likeness (QED) is 0.725. The Morgan fingerprint density at radius 3 is 2.69 bits per heavy atom. The zero-order chi connectivity index (χ0) is 11.6. The van der Waals surface area contributed by atoms with Crippen molar-refractivity contribution in [3.63, 3.8) is 0 Å². The van der Waals surface area contributed by atoms with Crippen molar-refractivity contribution in [3.05, 3.63) is 0 Å². The Kier molecular flexibility index (Phi) is 3.47. The third-order valence-electron chi connectivity index (χ3n) is 3.41. The van der Waals surface area contributed by atoms with Gasteiger partial charge in [-0.3, -0.25) is 4.79 Å². The maximum Gasteiger partial charge on any atom is 0.219 e. The zero-order valence-electron chi connectivity index (χ0n) is 9.48. The average molecular weight is 228 g/mol. The van der Waals surface area contributed by atoms with E-state index in [1.54, 1.807) is 0 Å². The van der Waals surface area contributed by atoms with E-state index < -0.39 is 5.79 Å². The minimum absolute atomic E-state index is 0.157. The first kappa shape index (κ1) is 11.8. The highest BCUT2D eigenvalue weighted by molar-refractivity contribution is 5.74. The predicted octanol–water partition coefficient (Wildman–Crippen LogP) is 0.265. The monoisotopic (exact) mass is 228 g/mol. The summed E-state index contributed by atoms with van der Waals surface area (Å²) in [6, 6.07) is -0.348. The maximum atomic E-state index is 10.8. The fourth-order valence-electron chi connectivity index (χ4n) is 2.51. The van der Waals surface area contributed by atoms with Crippen molar-refractivity contribution in [2.75, 3.05) is 6.61 Å². The fourth-order valence-corrected chi connectivity index (χ4v) is 2.51. The van der Waals surface area contributed by atoms with Gasteiger partial charge in [0.15, 0.2) is 5.79 Å². The third-order valence-corrected chi connectivity index (χ3v) is 3.41. The van der Waals surface area contributed by atoms with E-state index in [0.717, 1.165) is 25.7 Å². The minimum atomic E-state index is -0.418. The van der Waals surface area contributed by atoms with Crippen LogP contribution in [0.3, 0.4) is 0 Å². The van der Waals surface area contributed by atoms with E-state index in [0.29, 0.717) is 6.61 Å². The summed E-state index contributed by atoms with van der Waals surface area (Å²) >= 11 is 0. The van der Waals surface area contributed by atoms with Gasteiger partial charge in [0.05, 0.1) is 12.7 Å². The van der Waals surface area contributed by atoms with Crippen LogP contribution < -0.4 is 11.5 Å². The van der Waals surface area contributed by atoms with Crippen molar-refractivity contribution in [1.29, 1.82) is 0 Å². The molecule has 1 saturated heterocycles. The highest BCUT2D eigenvalue weighted by Crippen LogP contribution is 2.38. The van der Waals surface area contributed by atoms with E-state index in [2.05, 4.69) is 0 Å². The number of carbonyl (C=O) groups excluding carboxylic acids is 1. The molecule has 92 valence electrons. The lowest BCUT2D eigenvalue weighted by molar-refractivity contribution is -0.188. The van der Waals surface area contributed by atoms with Crippen LogP contribution in [-0.2, 0) is 14.3 Å². The number of carbonyl (C=O) groups is 1. The molecule has 1 amide bonds. The van der Waals surface area contributed by atoms with Gasteiger partial charge in [-0.15, -0.1) is 0 Å². The van der Waals surface area contributed by atoms with E-state index in [4.69, 9.17) is 20.9 Å². The molecule has 4 N–H and O–H groups in total. The number of amides is 1. The molecule has 1 aliphatic carbocycles. The molecule has 1 spiro atoms. The highest BCUT2D eigenvalue weighted by Gasteiger charge is 2.44. The van der Waals surface area contributed by atoms with Crippen molar-refractivity contribution in [1.82, 2.24) is 0 Å². The summed E-state index contributed by atoms with van der Waals surface area (Å²) in [5.74, 6) is -0.807. The molecular weight excluding hydrogens is 208 g/mol. The molecule has 2 atom stereocenters. The van der Waals surface area contributed by atoms with Crippen molar-refractivity contribution < 1.29 is 14.3 Å². The molecule has 16 heavy (non-hydrogen) atoms. The number of ether oxygens (including phenoxy) is 2. The number of nitrogens with two attached hydrogens (primary N) is 2. The lowest BCUT2D eigenvalue weighted by Gasteiger charge is -2.32. The Morgan fingerprint density at radius 1 is 1.38 bits per heavy atom. The van der Waals surface area contributed by atoms with Gasteiger partial charge < -0.3 is 20.9 Å². The molecule has 5 heteroatoms. The van der Waals surface area contributed by atoms with Gasteiger partial charge in [0, 0.05) is 25.3 Å². The normalized spacial score (nSPS) is 30.4. The highest BCUT2D eigenvalue weighted by atomic mass is 16.7. The molecule has 1 aliphatic heterocycles. The molecule has 0 aromatic heterocycles. The Bertz CT molecular complexity index is 264. The van der Waals surface area contributed by atoms with Gasteiger partial charge >= 0.3 is 0 Å². The second kappa shape index (κ2) is 4.69. The van der Waals surface area contributed by atoms with Crippen LogP contribution in [0.25, 0.3) is 0 Å². The third kappa shape index (κ3) is 2.53. The molecular formula is C11H20N2O3. The Hall–Kier alpha value is -0.650. The minimum Gasteiger partial charge on any atom is -0.370 e. The Labute approximate surface area is 95.4 Å². The average Bonchev–Trinajstić information content (AvgIpc) is 2.62. The molecule has 1 saturated carbocycles. The summed E-state index contributed by atoms with van der Waals surface area (Å²) in [5.41, 5.74) is 11.0. The van der Waals surface area contributed by atoms with Gasteiger partial charge in [0.2, 0.25) is 5.91 Å². The molecule has 2 aliphatic rings. The largest absolute Gasteiger partial charge is 0.370 e. The van der Waals surface area contributed by atoms with Crippen LogP contribution in [-0.4, -0.2) is 30.4 Å². The Balaban J connectivity index is 1.89. The molecule has 1 unspecified atom stereocenters. The van der Waals surface area contributed by atoms with Crippen LogP contribution in [0.15, 0.2) is 0 Å². The van der Waals surface area contributed by atoms with E-state index in [-0.39, 0.29) is 24.5 Å². The first-order valence-corrected chi connectivity index (χ1v) is 5.97. The number of hydrogen-bond donors (Lipinski definition) is 2. The molecule has 0 bridgehead atoms. The fraction of sp³-hybridized carbons (Fsp3) is 0.909. The summed E-state index contributed by atoms with van der Waals surface area (Å²) in [6.45, 7) is 0.481. The lowest BCUT2D eigenvalue weighted by atomic mass is 9.94. The standard InChI is InChI=1S/C11H20N2O3/c12-8(6-10(13)14)9-7-15-11(16-9)4-2-1-3-5-11/h8-9H,1-7,12H2,(H2,13,14)/t8?,9-/m1/s1. The van der Waals surface area contributed by atoms with E-state index in [9.17, 15) is 4.79 Å². The van der Waals surface area contributed by atoms with Crippen molar-refractivity contribution in [2.24, 2.45) is 11.5 Å². The van der Waals surface area contributed by atoms with E-state index in [1.807, 2.05) is 0 Å². The van der Waals surface area contributed by atoms with Gasteiger partial charge in [-0.05, 0) is 12.8 Å². The Morgan fingerprint density at radius 2 is 2.06 bits per heavy atom. The summed E-state index contributed by atoms with van der Waals surface area (Å²) in [5, 5.41) is 0.